The molecule has 0 saturated heterocycles. The molecule has 1 aromatic rings. The number of carbonyl (C=O) groups is 1. The summed E-state index contributed by atoms with van der Waals surface area (Å²) in [6.07, 6.45) is 4.13. The SMILES string of the molecule is COc1ccc2c(c1C(N)C(=O)O)CCCC2. The molecule has 4 nitrogen and oxygen atoms in total. The van der Waals surface area contributed by atoms with E-state index in [9.17, 15) is 4.79 Å². The Bertz CT molecular complexity index is 443. The molecule has 0 bridgehead atoms. The molecular weight excluding hydrogens is 218 g/mol. The highest BCUT2D eigenvalue weighted by atomic mass is 16.5. The van der Waals surface area contributed by atoms with Crippen molar-refractivity contribution in [2.24, 2.45) is 5.73 Å². The van der Waals surface area contributed by atoms with E-state index in [2.05, 4.69) is 0 Å². The molecule has 0 spiro atoms. The molecule has 92 valence electrons. The van der Waals surface area contributed by atoms with Crippen LogP contribution in [-0.4, -0.2) is 18.2 Å². The number of rotatable bonds is 3. The van der Waals surface area contributed by atoms with E-state index in [-0.39, 0.29) is 0 Å². The third-order valence-electron chi connectivity index (χ3n) is 3.33. The molecule has 4 heteroatoms. The van der Waals surface area contributed by atoms with Crippen molar-refractivity contribution in [3.8, 4) is 5.75 Å². The summed E-state index contributed by atoms with van der Waals surface area (Å²) < 4.78 is 5.24. The lowest BCUT2D eigenvalue weighted by atomic mass is 9.85. The van der Waals surface area contributed by atoms with Crippen LogP contribution in [0.4, 0.5) is 0 Å². The van der Waals surface area contributed by atoms with Gasteiger partial charge in [0.1, 0.15) is 11.8 Å². The van der Waals surface area contributed by atoms with E-state index >= 15 is 0 Å². The molecule has 1 aromatic carbocycles. The number of hydrogen-bond donors (Lipinski definition) is 2. The van der Waals surface area contributed by atoms with Crippen molar-refractivity contribution in [3.05, 3.63) is 28.8 Å². The van der Waals surface area contributed by atoms with Crippen LogP contribution in [0.2, 0.25) is 0 Å². The number of hydrogen-bond acceptors (Lipinski definition) is 3. The predicted molar refractivity (Wildman–Crippen MR) is 64.2 cm³/mol. The number of carboxylic acids is 1. The van der Waals surface area contributed by atoms with Crippen molar-refractivity contribution in [1.82, 2.24) is 0 Å². The Kier molecular flexibility index (Phi) is 3.33. The molecular formula is C13H17NO3. The highest BCUT2D eigenvalue weighted by Gasteiger charge is 2.25. The molecule has 1 aliphatic rings. The fourth-order valence-corrected chi connectivity index (χ4v) is 2.48. The quantitative estimate of drug-likeness (QED) is 0.835. The molecule has 3 N–H and O–H groups in total. The lowest BCUT2D eigenvalue weighted by Gasteiger charge is -2.23. The van der Waals surface area contributed by atoms with Crippen molar-refractivity contribution < 1.29 is 14.6 Å². The fourth-order valence-electron chi connectivity index (χ4n) is 2.48. The first-order valence-electron chi connectivity index (χ1n) is 5.82. The van der Waals surface area contributed by atoms with E-state index in [0.717, 1.165) is 31.2 Å². The maximum atomic E-state index is 11.1. The normalized spacial score (nSPS) is 16.1. The molecule has 0 aliphatic heterocycles. The second kappa shape index (κ2) is 4.75. The number of fused-ring (bicyclic) bond motifs is 1. The Labute approximate surface area is 100 Å². The van der Waals surface area contributed by atoms with Crippen LogP contribution < -0.4 is 10.5 Å². The third kappa shape index (κ3) is 2.13. The fraction of sp³-hybridized carbons (Fsp3) is 0.462. The monoisotopic (exact) mass is 235 g/mol. The first-order chi connectivity index (χ1) is 8.15. The molecule has 0 fully saturated rings. The summed E-state index contributed by atoms with van der Waals surface area (Å²) in [5.74, 6) is -0.428. The lowest BCUT2D eigenvalue weighted by molar-refractivity contribution is -0.138. The smallest absolute Gasteiger partial charge is 0.325 e. The van der Waals surface area contributed by atoms with Crippen LogP contribution in [0.1, 0.15) is 35.6 Å². The number of aryl methyl sites for hydroxylation is 1. The Hall–Kier alpha value is -1.55. The van der Waals surface area contributed by atoms with Gasteiger partial charge in [-0.25, -0.2) is 0 Å². The molecule has 0 saturated carbocycles. The number of benzene rings is 1. The molecule has 0 radical (unpaired) electrons. The van der Waals surface area contributed by atoms with Gasteiger partial charge < -0.3 is 15.6 Å². The van der Waals surface area contributed by atoms with Crippen molar-refractivity contribution in [2.45, 2.75) is 31.7 Å². The summed E-state index contributed by atoms with van der Waals surface area (Å²) in [6, 6.07) is 2.84. The molecule has 0 amide bonds. The van der Waals surface area contributed by atoms with Crippen LogP contribution in [-0.2, 0) is 17.6 Å². The zero-order chi connectivity index (χ0) is 12.4. The number of ether oxygens (including phenoxy) is 1. The van der Waals surface area contributed by atoms with Gasteiger partial charge in [0.2, 0.25) is 0 Å². The van der Waals surface area contributed by atoms with Crippen LogP contribution >= 0.6 is 0 Å². The van der Waals surface area contributed by atoms with Crippen LogP contribution in [0, 0.1) is 0 Å². The average Bonchev–Trinajstić information content (AvgIpc) is 2.36. The first kappa shape index (κ1) is 11.9. The molecule has 0 aromatic heterocycles. The molecule has 1 unspecified atom stereocenters. The van der Waals surface area contributed by atoms with Gasteiger partial charge in [-0.2, -0.15) is 0 Å². The summed E-state index contributed by atoms with van der Waals surface area (Å²) >= 11 is 0. The standard InChI is InChI=1S/C13H17NO3/c1-17-10-7-6-8-4-2-3-5-9(8)11(10)12(14)13(15)16/h6-7,12H,2-5,14H2,1H3,(H,15,16). The van der Waals surface area contributed by atoms with Crippen LogP contribution in [0.15, 0.2) is 12.1 Å². The van der Waals surface area contributed by atoms with Crippen molar-refractivity contribution >= 4 is 5.97 Å². The number of carboxylic acid groups (broad SMARTS) is 1. The predicted octanol–water partition coefficient (Wildman–Crippen LogP) is 1.66. The molecule has 0 heterocycles. The number of methoxy groups -OCH3 is 1. The zero-order valence-electron chi connectivity index (χ0n) is 9.90. The van der Waals surface area contributed by atoms with E-state index in [4.69, 9.17) is 15.6 Å². The maximum absolute atomic E-state index is 11.1. The van der Waals surface area contributed by atoms with Crippen LogP contribution in [0.5, 0.6) is 5.75 Å². The van der Waals surface area contributed by atoms with Gasteiger partial charge in [0, 0.05) is 5.56 Å². The summed E-state index contributed by atoms with van der Waals surface area (Å²) in [7, 11) is 1.54. The van der Waals surface area contributed by atoms with Gasteiger partial charge in [-0.05, 0) is 42.9 Å². The molecule has 1 aliphatic carbocycles. The molecule has 1 atom stereocenters. The lowest BCUT2D eigenvalue weighted by Crippen LogP contribution is -2.24. The topological polar surface area (TPSA) is 72.5 Å². The van der Waals surface area contributed by atoms with Crippen molar-refractivity contribution in [3.63, 3.8) is 0 Å². The van der Waals surface area contributed by atoms with E-state index < -0.39 is 12.0 Å². The van der Waals surface area contributed by atoms with Crippen LogP contribution in [0.25, 0.3) is 0 Å². The Balaban J connectivity index is 2.55. The van der Waals surface area contributed by atoms with Gasteiger partial charge in [-0.3, -0.25) is 4.79 Å². The summed E-state index contributed by atoms with van der Waals surface area (Å²) in [6.45, 7) is 0. The van der Waals surface area contributed by atoms with Gasteiger partial charge in [0.25, 0.3) is 0 Å². The Morgan fingerprint density at radius 2 is 2.12 bits per heavy atom. The molecule has 17 heavy (non-hydrogen) atoms. The van der Waals surface area contributed by atoms with E-state index in [1.807, 2.05) is 12.1 Å². The van der Waals surface area contributed by atoms with Gasteiger partial charge in [-0.1, -0.05) is 6.07 Å². The second-order valence-electron chi connectivity index (χ2n) is 4.34. The van der Waals surface area contributed by atoms with Gasteiger partial charge >= 0.3 is 5.97 Å². The summed E-state index contributed by atoms with van der Waals surface area (Å²) in [5, 5.41) is 9.08. The van der Waals surface area contributed by atoms with E-state index in [0.29, 0.717) is 11.3 Å². The van der Waals surface area contributed by atoms with Gasteiger partial charge in [0.15, 0.2) is 0 Å². The minimum absolute atomic E-state index is 0.584. The Morgan fingerprint density at radius 1 is 1.41 bits per heavy atom. The van der Waals surface area contributed by atoms with Crippen LogP contribution in [0.3, 0.4) is 0 Å². The minimum Gasteiger partial charge on any atom is -0.496 e. The van der Waals surface area contributed by atoms with Crippen molar-refractivity contribution in [1.29, 1.82) is 0 Å². The van der Waals surface area contributed by atoms with Crippen molar-refractivity contribution in [2.75, 3.05) is 7.11 Å². The average molecular weight is 235 g/mol. The zero-order valence-corrected chi connectivity index (χ0v) is 9.90. The highest BCUT2D eigenvalue weighted by molar-refractivity contribution is 5.77. The summed E-state index contributed by atoms with van der Waals surface area (Å²) in [5.41, 5.74) is 8.70. The molecule has 2 rings (SSSR count). The Morgan fingerprint density at radius 3 is 2.76 bits per heavy atom. The minimum atomic E-state index is -1.01. The van der Waals surface area contributed by atoms with Gasteiger partial charge in [-0.15, -0.1) is 0 Å². The third-order valence-corrected chi connectivity index (χ3v) is 3.33. The number of aliphatic carboxylic acids is 1. The highest BCUT2D eigenvalue weighted by Crippen LogP contribution is 2.34. The van der Waals surface area contributed by atoms with E-state index in [1.165, 1.54) is 5.56 Å². The van der Waals surface area contributed by atoms with E-state index in [1.54, 1.807) is 7.11 Å². The number of nitrogens with two attached hydrogens (primary N) is 1. The largest absolute Gasteiger partial charge is 0.496 e. The second-order valence-corrected chi connectivity index (χ2v) is 4.34. The van der Waals surface area contributed by atoms with Gasteiger partial charge in [0.05, 0.1) is 7.11 Å². The summed E-state index contributed by atoms with van der Waals surface area (Å²) in [4.78, 5) is 11.1. The first-order valence-corrected chi connectivity index (χ1v) is 5.82. The maximum Gasteiger partial charge on any atom is 0.325 e.